The summed E-state index contributed by atoms with van der Waals surface area (Å²) in [5.74, 6) is 0.302. The molecule has 0 unspecified atom stereocenters. The lowest BCUT2D eigenvalue weighted by molar-refractivity contribution is 0.0944. The van der Waals surface area contributed by atoms with Gasteiger partial charge in [-0.3, -0.25) is 9.89 Å². The molecule has 3 heterocycles. The molecule has 25 heavy (non-hydrogen) atoms. The molecule has 1 aromatic carbocycles. The number of amides is 1. The third-order valence-electron chi connectivity index (χ3n) is 3.91. The average Bonchev–Trinajstić information content (AvgIpc) is 3.39. The van der Waals surface area contributed by atoms with Crippen molar-refractivity contribution in [1.82, 2.24) is 30.2 Å². The number of aryl methyl sites for hydroxylation is 1. The predicted octanol–water partition coefficient (Wildman–Crippen LogP) is 2.23. The molecule has 0 saturated carbocycles. The third kappa shape index (κ3) is 3.27. The molecule has 4 rings (SSSR count). The summed E-state index contributed by atoms with van der Waals surface area (Å²) >= 11 is 0. The fourth-order valence-electron chi connectivity index (χ4n) is 2.59. The molecule has 0 saturated heterocycles. The number of benzene rings is 1. The number of nitrogens with zero attached hydrogens (tertiary/aromatic N) is 4. The first-order valence-corrected chi connectivity index (χ1v) is 7.94. The van der Waals surface area contributed by atoms with Gasteiger partial charge in [0.1, 0.15) is 0 Å². The Hall–Kier alpha value is -3.42. The molecule has 0 radical (unpaired) electrons. The second-order valence-electron chi connectivity index (χ2n) is 5.66. The molecule has 0 atom stereocenters. The summed E-state index contributed by atoms with van der Waals surface area (Å²) in [5, 5.41) is 14.6. The Morgan fingerprint density at radius 3 is 3.16 bits per heavy atom. The lowest BCUT2D eigenvalue weighted by atomic mass is 10.1. The molecule has 3 aromatic heterocycles. The van der Waals surface area contributed by atoms with E-state index in [4.69, 9.17) is 4.52 Å². The standard InChI is InChI=1S/C17H16N6O2/c24-17(19-4-1-6-23-7-5-18-11-23)15-9-16(25-22-15)12-2-3-14-13(8-12)10-20-21-14/h2-3,5,7-11H,1,4,6H2,(H,19,24)(H,20,21). The molecule has 1 amide bonds. The Morgan fingerprint density at radius 1 is 1.32 bits per heavy atom. The van der Waals surface area contributed by atoms with Crippen LogP contribution in [0.5, 0.6) is 0 Å². The van der Waals surface area contributed by atoms with E-state index in [1.165, 1.54) is 0 Å². The van der Waals surface area contributed by atoms with Crippen molar-refractivity contribution in [3.8, 4) is 11.3 Å². The highest BCUT2D eigenvalue weighted by atomic mass is 16.5. The van der Waals surface area contributed by atoms with Gasteiger partial charge in [-0.25, -0.2) is 4.98 Å². The highest BCUT2D eigenvalue weighted by Gasteiger charge is 2.13. The second kappa shape index (κ2) is 6.60. The van der Waals surface area contributed by atoms with Gasteiger partial charge in [0.25, 0.3) is 5.91 Å². The molecule has 126 valence electrons. The first-order valence-electron chi connectivity index (χ1n) is 7.94. The Balaban J connectivity index is 1.37. The molecule has 2 N–H and O–H groups in total. The van der Waals surface area contributed by atoms with Gasteiger partial charge in [0, 0.05) is 42.5 Å². The molecule has 0 bridgehead atoms. The van der Waals surface area contributed by atoms with E-state index in [2.05, 4.69) is 25.7 Å². The molecule has 0 aliphatic rings. The normalized spacial score (nSPS) is 11.0. The molecule has 0 spiro atoms. The summed E-state index contributed by atoms with van der Waals surface area (Å²) in [7, 11) is 0. The maximum absolute atomic E-state index is 12.2. The van der Waals surface area contributed by atoms with Crippen LogP contribution in [0.15, 0.2) is 53.7 Å². The predicted molar refractivity (Wildman–Crippen MR) is 90.8 cm³/mol. The number of hydrogen-bond acceptors (Lipinski definition) is 5. The minimum Gasteiger partial charge on any atom is -0.355 e. The van der Waals surface area contributed by atoms with Crippen molar-refractivity contribution in [1.29, 1.82) is 0 Å². The van der Waals surface area contributed by atoms with Crippen molar-refractivity contribution in [2.45, 2.75) is 13.0 Å². The van der Waals surface area contributed by atoms with Gasteiger partial charge in [-0.15, -0.1) is 0 Å². The van der Waals surface area contributed by atoms with E-state index < -0.39 is 0 Å². The van der Waals surface area contributed by atoms with Gasteiger partial charge in [0.2, 0.25) is 0 Å². The Kier molecular flexibility index (Phi) is 3.99. The molecule has 0 aliphatic heterocycles. The number of aromatic nitrogens is 5. The van der Waals surface area contributed by atoms with E-state index in [0.29, 0.717) is 12.3 Å². The molecule has 8 heteroatoms. The minimum absolute atomic E-state index is 0.245. The van der Waals surface area contributed by atoms with Crippen LogP contribution < -0.4 is 5.32 Å². The average molecular weight is 336 g/mol. The summed E-state index contributed by atoms with van der Waals surface area (Å²) in [6.45, 7) is 1.36. The van der Waals surface area contributed by atoms with Crippen molar-refractivity contribution < 1.29 is 9.32 Å². The number of H-pyrrole nitrogens is 1. The number of carbonyl (C=O) groups is 1. The fourth-order valence-corrected chi connectivity index (χ4v) is 2.59. The molecule has 0 aliphatic carbocycles. The highest BCUT2D eigenvalue weighted by molar-refractivity contribution is 5.93. The quantitative estimate of drug-likeness (QED) is 0.526. The van der Waals surface area contributed by atoms with Crippen LogP contribution in [0.3, 0.4) is 0 Å². The number of aromatic amines is 1. The maximum atomic E-state index is 12.2. The van der Waals surface area contributed by atoms with Crippen LogP contribution in [0.25, 0.3) is 22.2 Å². The van der Waals surface area contributed by atoms with Crippen molar-refractivity contribution in [3.63, 3.8) is 0 Å². The van der Waals surface area contributed by atoms with Crippen LogP contribution in [0.1, 0.15) is 16.9 Å². The lowest BCUT2D eigenvalue weighted by Gasteiger charge is -2.03. The number of imidazole rings is 1. The van der Waals surface area contributed by atoms with Gasteiger partial charge in [-0.05, 0) is 24.6 Å². The summed E-state index contributed by atoms with van der Waals surface area (Å²) in [6.07, 6.45) is 7.93. The zero-order valence-corrected chi connectivity index (χ0v) is 13.3. The van der Waals surface area contributed by atoms with Gasteiger partial charge in [0.05, 0.1) is 18.0 Å². The van der Waals surface area contributed by atoms with Crippen molar-refractivity contribution in [2.75, 3.05) is 6.54 Å². The van der Waals surface area contributed by atoms with E-state index in [9.17, 15) is 4.79 Å². The monoisotopic (exact) mass is 336 g/mol. The van der Waals surface area contributed by atoms with Crippen LogP contribution in [-0.4, -0.2) is 37.4 Å². The van der Waals surface area contributed by atoms with Gasteiger partial charge in [-0.1, -0.05) is 5.16 Å². The number of nitrogens with one attached hydrogen (secondary N) is 2. The summed E-state index contributed by atoms with van der Waals surface area (Å²) in [5.41, 5.74) is 2.06. The van der Waals surface area contributed by atoms with Crippen LogP contribution >= 0.6 is 0 Å². The zero-order valence-electron chi connectivity index (χ0n) is 13.3. The van der Waals surface area contributed by atoms with Gasteiger partial charge >= 0.3 is 0 Å². The van der Waals surface area contributed by atoms with E-state index >= 15 is 0 Å². The largest absolute Gasteiger partial charge is 0.355 e. The summed E-state index contributed by atoms with van der Waals surface area (Å²) < 4.78 is 7.27. The highest BCUT2D eigenvalue weighted by Crippen LogP contribution is 2.24. The number of rotatable bonds is 6. The smallest absolute Gasteiger partial charge is 0.273 e. The Labute approximate surface area is 142 Å². The van der Waals surface area contributed by atoms with Crippen molar-refractivity contribution >= 4 is 16.8 Å². The molecular weight excluding hydrogens is 320 g/mol. The van der Waals surface area contributed by atoms with Gasteiger partial charge in [-0.2, -0.15) is 5.10 Å². The van der Waals surface area contributed by atoms with Crippen LogP contribution in [0, 0.1) is 0 Å². The number of hydrogen-bond donors (Lipinski definition) is 2. The zero-order chi connectivity index (χ0) is 17.1. The van der Waals surface area contributed by atoms with E-state index in [-0.39, 0.29) is 11.6 Å². The minimum atomic E-state index is -0.245. The van der Waals surface area contributed by atoms with Crippen LogP contribution in [0.2, 0.25) is 0 Å². The second-order valence-corrected chi connectivity index (χ2v) is 5.66. The third-order valence-corrected chi connectivity index (χ3v) is 3.91. The van der Waals surface area contributed by atoms with Crippen LogP contribution in [-0.2, 0) is 6.54 Å². The van der Waals surface area contributed by atoms with Gasteiger partial charge in [0.15, 0.2) is 11.5 Å². The summed E-state index contributed by atoms with van der Waals surface area (Å²) in [4.78, 5) is 16.1. The topological polar surface area (TPSA) is 102 Å². The molecule has 4 aromatic rings. The van der Waals surface area contributed by atoms with E-state index in [1.54, 1.807) is 24.8 Å². The number of fused-ring (bicyclic) bond motifs is 1. The van der Waals surface area contributed by atoms with Crippen LogP contribution in [0.4, 0.5) is 0 Å². The first kappa shape index (κ1) is 15.1. The maximum Gasteiger partial charge on any atom is 0.273 e. The first-order chi connectivity index (χ1) is 12.3. The molecule has 0 fully saturated rings. The van der Waals surface area contributed by atoms with E-state index in [1.807, 2.05) is 29.0 Å². The summed E-state index contributed by atoms with van der Waals surface area (Å²) in [6, 6.07) is 7.39. The molecule has 8 nitrogen and oxygen atoms in total. The van der Waals surface area contributed by atoms with E-state index in [0.717, 1.165) is 29.4 Å². The lowest BCUT2D eigenvalue weighted by Crippen LogP contribution is -2.25. The number of carbonyl (C=O) groups excluding carboxylic acids is 1. The SMILES string of the molecule is O=C(NCCCn1ccnc1)c1cc(-c2ccc3[nH]ncc3c2)on1. The Bertz CT molecular complexity index is 986. The van der Waals surface area contributed by atoms with Crippen molar-refractivity contribution in [2.24, 2.45) is 0 Å². The fraction of sp³-hybridized carbons (Fsp3) is 0.176. The van der Waals surface area contributed by atoms with Crippen molar-refractivity contribution in [3.05, 3.63) is 54.9 Å². The van der Waals surface area contributed by atoms with Gasteiger partial charge < -0.3 is 14.4 Å². The Morgan fingerprint density at radius 2 is 2.28 bits per heavy atom. The molecular formula is C17H16N6O2.